The lowest BCUT2D eigenvalue weighted by Crippen LogP contribution is -2.41. The summed E-state index contributed by atoms with van der Waals surface area (Å²) in [5.41, 5.74) is 0.0388. The first kappa shape index (κ1) is 29.7. The lowest BCUT2D eigenvalue weighted by Gasteiger charge is -2.29. The number of halogens is 3. The third kappa shape index (κ3) is 6.89. The van der Waals surface area contributed by atoms with Crippen LogP contribution in [0.2, 0.25) is 5.02 Å². The number of anilines is 1. The molecule has 1 aliphatic heterocycles. The molecule has 0 atom stereocenters. The minimum absolute atomic E-state index is 0.0326. The van der Waals surface area contributed by atoms with E-state index in [1.807, 2.05) is 20.8 Å². The van der Waals surface area contributed by atoms with Crippen LogP contribution in [0.3, 0.4) is 0 Å². The molecule has 2 amide bonds. The minimum Gasteiger partial charge on any atom is -0.460 e. The molecule has 1 aliphatic carbocycles. The summed E-state index contributed by atoms with van der Waals surface area (Å²) in [6.07, 6.45) is 5.20. The van der Waals surface area contributed by atoms with Crippen molar-refractivity contribution < 1.29 is 32.7 Å². The van der Waals surface area contributed by atoms with Gasteiger partial charge in [0.1, 0.15) is 11.3 Å². The van der Waals surface area contributed by atoms with Gasteiger partial charge in [0.2, 0.25) is 0 Å². The number of Topliss-reactive ketones (excluding diaryl/α,β-unsaturated/α-hetero) is 1. The Labute approximate surface area is 236 Å². The highest BCUT2D eigenvalue weighted by Gasteiger charge is 2.35. The Morgan fingerprint density at radius 3 is 2.42 bits per heavy atom. The predicted octanol–water partition coefficient (Wildman–Crippen LogP) is 5.60. The van der Waals surface area contributed by atoms with Crippen molar-refractivity contribution in [3.8, 4) is 0 Å². The van der Waals surface area contributed by atoms with Gasteiger partial charge in [0, 0.05) is 36.5 Å². The molecule has 0 bridgehead atoms. The zero-order chi connectivity index (χ0) is 29.2. The fourth-order valence-electron chi connectivity index (χ4n) is 5.43. The normalized spacial score (nSPS) is 18.6. The molecular weight excluding hydrogens is 544 g/mol. The lowest BCUT2D eigenvalue weighted by molar-refractivity contribution is -0.155. The van der Waals surface area contributed by atoms with Crippen molar-refractivity contribution in [1.82, 2.24) is 9.88 Å². The maximum absolute atomic E-state index is 13.6. The Morgan fingerprint density at radius 1 is 1.07 bits per heavy atom. The highest BCUT2D eigenvalue weighted by molar-refractivity contribution is 6.48. The van der Waals surface area contributed by atoms with Crippen LogP contribution in [-0.2, 0) is 27.3 Å². The first-order chi connectivity index (χ1) is 18.8. The Hall–Kier alpha value is -3.27. The second kappa shape index (κ2) is 12.1. The van der Waals surface area contributed by atoms with Crippen molar-refractivity contribution >= 4 is 40.9 Å². The number of hydrogen-bond acceptors (Lipinski definition) is 5. The van der Waals surface area contributed by atoms with E-state index in [9.17, 15) is 28.0 Å². The van der Waals surface area contributed by atoms with Gasteiger partial charge in [0.25, 0.3) is 17.6 Å². The van der Waals surface area contributed by atoms with E-state index in [1.165, 1.54) is 6.07 Å². The lowest BCUT2D eigenvalue weighted by atomic mass is 9.83. The van der Waals surface area contributed by atoms with E-state index in [0.29, 0.717) is 50.3 Å². The summed E-state index contributed by atoms with van der Waals surface area (Å²) in [6.45, 7) is 5.93. The SMILES string of the molecule is CC(C)(C)OC(=O)CCC1CCC(NC(=O)C(=O)c2c(Cl)c(C(=O)Nc3ccc(F)c(F)c3)c3n2CCC3)CC1. The van der Waals surface area contributed by atoms with E-state index in [-0.39, 0.29) is 34.0 Å². The summed E-state index contributed by atoms with van der Waals surface area (Å²) < 4.78 is 33.8. The molecule has 0 spiro atoms. The summed E-state index contributed by atoms with van der Waals surface area (Å²) in [7, 11) is 0. The number of hydrogen-bond donors (Lipinski definition) is 2. The highest BCUT2D eigenvalue weighted by atomic mass is 35.5. The third-order valence-electron chi connectivity index (χ3n) is 7.29. The van der Waals surface area contributed by atoms with Gasteiger partial charge in [-0.15, -0.1) is 0 Å². The van der Waals surface area contributed by atoms with E-state index in [0.717, 1.165) is 31.4 Å². The zero-order valence-corrected chi connectivity index (χ0v) is 23.6. The van der Waals surface area contributed by atoms with Crippen LogP contribution in [0.1, 0.15) is 92.3 Å². The van der Waals surface area contributed by atoms with E-state index in [2.05, 4.69) is 10.6 Å². The van der Waals surface area contributed by atoms with Crippen molar-refractivity contribution in [2.75, 3.05) is 5.32 Å². The molecule has 2 aromatic rings. The van der Waals surface area contributed by atoms with Crippen molar-refractivity contribution in [3.63, 3.8) is 0 Å². The van der Waals surface area contributed by atoms with Crippen molar-refractivity contribution in [2.45, 2.75) is 90.3 Å². The maximum atomic E-state index is 13.6. The second-order valence-corrected chi connectivity index (χ2v) is 11.8. The number of carbonyl (C=O) groups excluding carboxylic acids is 4. The number of aromatic nitrogens is 1. The minimum atomic E-state index is -1.12. The second-order valence-electron chi connectivity index (χ2n) is 11.5. The average molecular weight is 578 g/mol. The van der Waals surface area contributed by atoms with Crippen LogP contribution in [0.4, 0.5) is 14.5 Å². The number of fused-ring (bicyclic) bond motifs is 1. The molecule has 0 unspecified atom stereocenters. The van der Waals surface area contributed by atoms with Gasteiger partial charge in [-0.3, -0.25) is 19.2 Å². The molecule has 0 saturated heterocycles. The van der Waals surface area contributed by atoms with Gasteiger partial charge in [0.05, 0.1) is 10.6 Å². The largest absolute Gasteiger partial charge is 0.460 e. The molecule has 2 heterocycles. The Balaban J connectivity index is 1.37. The van der Waals surface area contributed by atoms with Gasteiger partial charge in [-0.05, 0) is 83.8 Å². The monoisotopic (exact) mass is 577 g/mol. The van der Waals surface area contributed by atoms with Gasteiger partial charge in [-0.25, -0.2) is 8.78 Å². The summed E-state index contributed by atoms with van der Waals surface area (Å²) in [6, 6.07) is 2.78. The van der Waals surface area contributed by atoms with Crippen molar-refractivity contribution in [3.05, 3.63) is 51.8 Å². The first-order valence-corrected chi connectivity index (χ1v) is 14.0. The van der Waals surface area contributed by atoms with Crippen LogP contribution in [0.5, 0.6) is 0 Å². The molecule has 0 radical (unpaired) electrons. The Morgan fingerprint density at radius 2 is 1.77 bits per heavy atom. The molecule has 216 valence electrons. The fraction of sp³-hybridized carbons (Fsp3) is 0.517. The quantitative estimate of drug-likeness (QED) is 0.241. The number of nitrogens with one attached hydrogen (secondary N) is 2. The van der Waals surface area contributed by atoms with E-state index >= 15 is 0 Å². The number of ketones is 1. The topological polar surface area (TPSA) is 106 Å². The standard InChI is InChI=1S/C29H34ClF2N3O5/c1-29(2,3)40-22(36)13-8-16-6-9-17(10-7-16)33-28(39)26(37)25-24(30)23(21-5-4-14-35(21)25)27(38)34-18-11-12-19(31)20(32)15-18/h11-12,15-17H,4-10,13-14H2,1-3H3,(H,33,39)(H,34,38). The van der Waals surface area contributed by atoms with Gasteiger partial charge in [-0.2, -0.15) is 0 Å². The summed E-state index contributed by atoms with van der Waals surface area (Å²) in [5, 5.41) is 5.17. The zero-order valence-electron chi connectivity index (χ0n) is 22.9. The third-order valence-corrected chi connectivity index (χ3v) is 7.66. The number of benzene rings is 1. The van der Waals surface area contributed by atoms with E-state index < -0.39 is 34.8 Å². The molecule has 1 aromatic heterocycles. The molecule has 4 rings (SSSR count). The molecule has 11 heteroatoms. The Bertz CT molecular complexity index is 1330. The molecule has 2 N–H and O–H groups in total. The van der Waals surface area contributed by atoms with E-state index in [1.54, 1.807) is 4.57 Å². The number of esters is 1. The van der Waals surface area contributed by atoms with E-state index in [4.69, 9.17) is 16.3 Å². The van der Waals surface area contributed by atoms with Crippen molar-refractivity contribution in [2.24, 2.45) is 5.92 Å². The van der Waals surface area contributed by atoms with Crippen LogP contribution in [-0.4, -0.2) is 39.8 Å². The molecule has 1 fully saturated rings. The maximum Gasteiger partial charge on any atom is 0.306 e. The molecule has 8 nitrogen and oxygen atoms in total. The molecule has 2 aliphatic rings. The van der Waals surface area contributed by atoms with Gasteiger partial charge in [-0.1, -0.05) is 11.6 Å². The predicted molar refractivity (Wildman–Crippen MR) is 145 cm³/mol. The van der Waals surface area contributed by atoms with Gasteiger partial charge < -0.3 is 19.9 Å². The van der Waals surface area contributed by atoms with Gasteiger partial charge >= 0.3 is 5.97 Å². The fourth-order valence-corrected chi connectivity index (χ4v) is 5.82. The summed E-state index contributed by atoms with van der Waals surface area (Å²) in [5.74, 6) is -4.33. The average Bonchev–Trinajstić information content (AvgIpc) is 3.43. The van der Waals surface area contributed by atoms with Crippen LogP contribution in [0.15, 0.2) is 18.2 Å². The van der Waals surface area contributed by atoms with Gasteiger partial charge in [0.15, 0.2) is 11.6 Å². The van der Waals surface area contributed by atoms with Crippen LogP contribution in [0, 0.1) is 17.6 Å². The number of nitrogens with zero attached hydrogens (tertiary/aromatic N) is 1. The smallest absolute Gasteiger partial charge is 0.306 e. The van der Waals surface area contributed by atoms with Crippen molar-refractivity contribution in [1.29, 1.82) is 0 Å². The molecule has 1 saturated carbocycles. The Kier molecular flexibility index (Phi) is 8.97. The highest BCUT2D eigenvalue weighted by Crippen LogP contribution is 2.34. The summed E-state index contributed by atoms with van der Waals surface area (Å²) in [4.78, 5) is 51.2. The van der Waals surface area contributed by atoms with Crippen LogP contribution < -0.4 is 10.6 Å². The molecule has 1 aromatic carbocycles. The molecular formula is C29H34ClF2N3O5. The van der Waals surface area contributed by atoms with Crippen LogP contribution >= 0.6 is 11.6 Å². The number of ether oxygens (including phenoxy) is 1. The van der Waals surface area contributed by atoms with Crippen LogP contribution in [0.25, 0.3) is 0 Å². The first-order valence-electron chi connectivity index (χ1n) is 13.6. The number of rotatable bonds is 8. The summed E-state index contributed by atoms with van der Waals surface area (Å²) >= 11 is 6.51. The number of amides is 2. The number of carbonyl (C=O) groups is 4. The molecule has 40 heavy (non-hydrogen) atoms.